The molecule has 3 heterocycles. The predicted molar refractivity (Wildman–Crippen MR) is 142 cm³/mol. The molecule has 1 aliphatic heterocycles. The van der Waals surface area contributed by atoms with E-state index in [4.69, 9.17) is 4.74 Å². The summed E-state index contributed by atoms with van der Waals surface area (Å²) in [6.45, 7) is 0.579. The van der Waals surface area contributed by atoms with E-state index < -0.39 is 15.6 Å². The lowest BCUT2D eigenvalue weighted by Gasteiger charge is -2.17. The molecule has 1 aliphatic carbocycles. The van der Waals surface area contributed by atoms with Crippen LogP contribution in [0.2, 0.25) is 0 Å². The molecule has 0 radical (unpaired) electrons. The van der Waals surface area contributed by atoms with E-state index in [-0.39, 0.29) is 23.3 Å². The van der Waals surface area contributed by atoms with E-state index in [0.717, 1.165) is 25.7 Å². The number of hydrogen-bond donors (Lipinski definition) is 3. The Bertz CT molecular complexity index is 1500. The Hall–Kier alpha value is -4.13. The van der Waals surface area contributed by atoms with Gasteiger partial charge in [0.05, 0.1) is 38.7 Å². The molecule has 0 bridgehead atoms. The molecular formula is C25H28N8O4S. The van der Waals surface area contributed by atoms with Gasteiger partial charge in [-0.2, -0.15) is 0 Å². The number of aromatic nitrogens is 4. The Morgan fingerprint density at radius 1 is 1.08 bits per heavy atom. The summed E-state index contributed by atoms with van der Waals surface area (Å²) in [6.07, 6.45) is 6.61. The van der Waals surface area contributed by atoms with Crippen LogP contribution in [0.25, 0.3) is 11.4 Å². The molecule has 1 fully saturated rings. The Morgan fingerprint density at radius 3 is 2.53 bits per heavy atom. The molecule has 38 heavy (non-hydrogen) atoms. The largest absolute Gasteiger partial charge is 0.494 e. The molecule has 1 saturated carbocycles. The van der Waals surface area contributed by atoms with Crippen LogP contribution in [0.15, 0.2) is 45.9 Å². The zero-order valence-corrected chi connectivity index (χ0v) is 21.9. The SMILES string of the molecule is CNC(=O)c1nnc(NC(=O)C2CC2)cc1Nc1cccc(-c2ncc(S3(=O)=NCCCC3)cn2)c1OC. The fourth-order valence-corrected chi connectivity index (χ4v) is 6.05. The minimum Gasteiger partial charge on any atom is -0.494 e. The van der Waals surface area contributed by atoms with Crippen LogP contribution in [0.4, 0.5) is 17.2 Å². The fourth-order valence-electron chi connectivity index (χ4n) is 4.08. The van der Waals surface area contributed by atoms with Crippen molar-refractivity contribution in [3.63, 3.8) is 0 Å². The number of carbonyl (C=O) groups is 2. The molecule has 0 saturated heterocycles. The standard InChI is InChI=1S/C25H28N8O4S/c1-26-25(35)21-19(12-20(32-33-21)31-24(34)15-8-9-15)30-18-7-5-6-17(22(18)37-2)23-27-13-16(14-28-23)38(36)11-4-3-10-29-38/h5-7,12-15H,3-4,8-11H2,1-2H3,(H,26,35)(H2,30,31,32,34). The van der Waals surface area contributed by atoms with Gasteiger partial charge in [0.2, 0.25) is 5.91 Å². The highest BCUT2D eigenvalue weighted by molar-refractivity contribution is 7.93. The molecule has 1 aromatic carbocycles. The molecule has 1 atom stereocenters. The third-order valence-electron chi connectivity index (χ3n) is 6.29. The topological polar surface area (TPSA) is 160 Å². The van der Waals surface area contributed by atoms with Crippen molar-refractivity contribution in [1.29, 1.82) is 0 Å². The van der Waals surface area contributed by atoms with E-state index in [2.05, 4.69) is 40.5 Å². The summed E-state index contributed by atoms with van der Waals surface area (Å²) in [5, 5.41) is 16.5. The Kier molecular flexibility index (Phi) is 7.18. The summed E-state index contributed by atoms with van der Waals surface area (Å²) < 4.78 is 23.2. The van der Waals surface area contributed by atoms with Gasteiger partial charge in [0.25, 0.3) is 5.91 Å². The summed E-state index contributed by atoms with van der Waals surface area (Å²) in [4.78, 5) is 34.2. The molecule has 3 aromatic rings. The average Bonchev–Trinajstić information content (AvgIpc) is 3.79. The lowest BCUT2D eigenvalue weighted by atomic mass is 10.1. The van der Waals surface area contributed by atoms with E-state index in [1.165, 1.54) is 14.2 Å². The zero-order chi connectivity index (χ0) is 26.7. The maximum absolute atomic E-state index is 13.1. The van der Waals surface area contributed by atoms with Crippen LogP contribution in [0.1, 0.15) is 36.2 Å². The first-order chi connectivity index (χ1) is 18.4. The molecule has 13 heteroatoms. The van der Waals surface area contributed by atoms with Gasteiger partial charge in [0, 0.05) is 43.7 Å². The quantitative estimate of drug-likeness (QED) is 0.393. The lowest BCUT2D eigenvalue weighted by Crippen LogP contribution is -2.22. The van der Waals surface area contributed by atoms with Gasteiger partial charge in [-0.1, -0.05) is 6.07 Å². The zero-order valence-electron chi connectivity index (χ0n) is 21.1. The summed E-state index contributed by atoms with van der Waals surface area (Å²) in [6, 6.07) is 6.91. The van der Waals surface area contributed by atoms with Gasteiger partial charge < -0.3 is 20.7 Å². The third-order valence-corrected chi connectivity index (χ3v) is 8.68. The van der Waals surface area contributed by atoms with Gasteiger partial charge in [-0.15, -0.1) is 10.2 Å². The van der Waals surface area contributed by atoms with Crippen molar-refractivity contribution >= 4 is 38.7 Å². The summed E-state index contributed by atoms with van der Waals surface area (Å²) in [7, 11) is 0.522. The second-order valence-electron chi connectivity index (χ2n) is 8.99. The number of anilines is 3. The van der Waals surface area contributed by atoms with Gasteiger partial charge in [0.1, 0.15) is 0 Å². The number of hydrogen-bond acceptors (Lipinski definition) is 10. The van der Waals surface area contributed by atoms with Crippen molar-refractivity contribution in [2.24, 2.45) is 10.3 Å². The Labute approximate surface area is 220 Å². The van der Waals surface area contributed by atoms with E-state index >= 15 is 0 Å². The smallest absolute Gasteiger partial charge is 0.273 e. The molecule has 0 spiro atoms. The van der Waals surface area contributed by atoms with Crippen molar-refractivity contribution in [2.75, 3.05) is 37.1 Å². The van der Waals surface area contributed by atoms with Gasteiger partial charge in [-0.3, -0.25) is 9.59 Å². The first kappa shape index (κ1) is 25.5. The van der Waals surface area contributed by atoms with Crippen molar-refractivity contribution in [1.82, 2.24) is 25.5 Å². The monoisotopic (exact) mass is 536 g/mol. The highest BCUT2D eigenvalue weighted by atomic mass is 32.2. The van der Waals surface area contributed by atoms with Crippen LogP contribution >= 0.6 is 0 Å². The van der Waals surface area contributed by atoms with Crippen LogP contribution in [0, 0.1) is 5.92 Å². The Morgan fingerprint density at radius 2 is 1.87 bits per heavy atom. The molecule has 198 valence electrons. The van der Waals surface area contributed by atoms with Crippen LogP contribution in [-0.4, -0.2) is 62.6 Å². The minimum absolute atomic E-state index is 0.0140. The second-order valence-corrected chi connectivity index (χ2v) is 11.4. The summed E-state index contributed by atoms with van der Waals surface area (Å²) in [5.74, 6) is 0.958. The number of para-hydroxylation sites is 1. The number of methoxy groups -OCH3 is 1. The van der Waals surface area contributed by atoms with Crippen molar-refractivity contribution in [2.45, 2.75) is 30.6 Å². The van der Waals surface area contributed by atoms with Crippen molar-refractivity contribution in [3.05, 3.63) is 42.4 Å². The molecule has 2 aromatic heterocycles. The second kappa shape index (κ2) is 10.7. The van der Waals surface area contributed by atoms with Gasteiger partial charge in [0.15, 0.2) is 23.1 Å². The van der Waals surface area contributed by atoms with E-state index in [0.29, 0.717) is 45.7 Å². The molecular weight excluding hydrogens is 508 g/mol. The third kappa shape index (κ3) is 5.28. The van der Waals surface area contributed by atoms with E-state index in [9.17, 15) is 13.8 Å². The van der Waals surface area contributed by atoms with Crippen LogP contribution in [-0.2, 0) is 14.5 Å². The molecule has 2 aliphatic rings. The number of carbonyl (C=O) groups excluding carboxylic acids is 2. The average molecular weight is 537 g/mol. The molecule has 3 N–H and O–H groups in total. The van der Waals surface area contributed by atoms with Crippen molar-refractivity contribution < 1.29 is 18.5 Å². The lowest BCUT2D eigenvalue weighted by molar-refractivity contribution is -0.117. The van der Waals surface area contributed by atoms with Gasteiger partial charge in [-0.05, 0) is 37.8 Å². The first-order valence-electron chi connectivity index (χ1n) is 12.3. The molecule has 5 rings (SSSR count). The number of benzene rings is 1. The highest BCUT2D eigenvalue weighted by Crippen LogP contribution is 2.37. The van der Waals surface area contributed by atoms with E-state index in [1.54, 1.807) is 36.7 Å². The summed E-state index contributed by atoms with van der Waals surface area (Å²) >= 11 is 0. The van der Waals surface area contributed by atoms with E-state index in [1.807, 2.05) is 0 Å². The van der Waals surface area contributed by atoms with Crippen LogP contribution in [0.3, 0.4) is 0 Å². The molecule has 2 amide bonds. The number of nitrogens with zero attached hydrogens (tertiary/aromatic N) is 5. The fraction of sp³-hybridized carbons (Fsp3) is 0.360. The van der Waals surface area contributed by atoms with Crippen LogP contribution in [0.5, 0.6) is 5.75 Å². The Balaban J connectivity index is 1.47. The van der Waals surface area contributed by atoms with Gasteiger partial charge in [-0.25, -0.2) is 18.5 Å². The normalized spacial score (nSPS) is 18.7. The first-order valence-corrected chi connectivity index (χ1v) is 14.0. The number of nitrogens with one attached hydrogen (secondary N) is 3. The summed E-state index contributed by atoms with van der Waals surface area (Å²) in [5.41, 5.74) is 1.48. The maximum Gasteiger partial charge on any atom is 0.273 e. The highest BCUT2D eigenvalue weighted by Gasteiger charge is 2.30. The van der Waals surface area contributed by atoms with Crippen LogP contribution < -0.4 is 20.7 Å². The maximum atomic E-state index is 13.1. The minimum atomic E-state index is -2.49. The number of ether oxygens (including phenoxy) is 1. The molecule has 1 unspecified atom stereocenters. The molecule has 12 nitrogen and oxygen atoms in total. The number of rotatable bonds is 8. The van der Waals surface area contributed by atoms with Gasteiger partial charge >= 0.3 is 0 Å². The van der Waals surface area contributed by atoms with Crippen molar-refractivity contribution in [3.8, 4) is 17.1 Å². The number of amides is 2. The predicted octanol–water partition coefficient (Wildman–Crippen LogP) is 3.01.